The van der Waals surface area contributed by atoms with E-state index in [1.807, 2.05) is 0 Å². The van der Waals surface area contributed by atoms with Gasteiger partial charge >= 0.3 is 6.18 Å². The summed E-state index contributed by atoms with van der Waals surface area (Å²) < 4.78 is 60.5. The Morgan fingerprint density at radius 2 is 2.09 bits per heavy atom. The van der Waals surface area contributed by atoms with Gasteiger partial charge in [-0.05, 0) is 17.7 Å². The number of anilines is 1. The van der Waals surface area contributed by atoms with Crippen LogP contribution >= 0.6 is 0 Å². The molecule has 114 valence electrons. The molecule has 0 atom stereocenters. The van der Waals surface area contributed by atoms with Gasteiger partial charge in [0.15, 0.2) is 0 Å². The van der Waals surface area contributed by atoms with Crippen molar-refractivity contribution in [2.45, 2.75) is 12.7 Å². The van der Waals surface area contributed by atoms with Crippen molar-refractivity contribution in [2.24, 2.45) is 0 Å². The fourth-order valence-corrected chi connectivity index (χ4v) is 2.20. The van der Waals surface area contributed by atoms with Gasteiger partial charge in [0.25, 0.3) is 0 Å². The van der Waals surface area contributed by atoms with Gasteiger partial charge in [-0.1, -0.05) is 6.07 Å². The smallest absolute Gasteiger partial charge is 0.396 e. The SMILES string of the molecule is [2H]c1ncnc2c1c(-c1ccc(N)c(F)c1)cn2CC(F)(F)F. The fraction of sp³-hybridized carbons (Fsp3) is 0.143. The summed E-state index contributed by atoms with van der Waals surface area (Å²) in [5, 5.41) is 0.126. The highest BCUT2D eigenvalue weighted by Crippen LogP contribution is 2.32. The zero-order chi connectivity index (χ0) is 16.8. The lowest BCUT2D eigenvalue weighted by atomic mass is 10.1. The van der Waals surface area contributed by atoms with Crippen LogP contribution in [-0.4, -0.2) is 20.7 Å². The van der Waals surface area contributed by atoms with Crippen LogP contribution in [0.1, 0.15) is 1.37 Å². The lowest BCUT2D eigenvalue weighted by molar-refractivity contribution is -0.139. The number of halogens is 4. The van der Waals surface area contributed by atoms with Crippen LogP contribution in [0, 0.1) is 5.82 Å². The second-order valence-corrected chi connectivity index (χ2v) is 4.71. The quantitative estimate of drug-likeness (QED) is 0.583. The molecule has 0 saturated carbocycles. The molecule has 2 N–H and O–H groups in total. The van der Waals surface area contributed by atoms with E-state index in [0.717, 1.165) is 17.0 Å². The molecule has 0 unspecified atom stereocenters. The molecule has 2 aromatic heterocycles. The Morgan fingerprint density at radius 1 is 1.32 bits per heavy atom. The standard InChI is InChI=1S/C14H10F4N4/c15-11-3-8(1-2-12(11)19)10-5-22(6-14(16,17)18)13-9(10)4-20-7-21-13/h1-5,7H,6,19H2/i4D. The predicted octanol–water partition coefficient (Wildman–Crippen LogP) is 3.38. The Balaban J connectivity index is 2.26. The summed E-state index contributed by atoms with van der Waals surface area (Å²) in [6.45, 7) is -1.27. The molecule has 3 rings (SSSR count). The van der Waals surface area contributed by atoms with Crippen LogP contribution in [0.15, 0.2) is 36.9 Å². The Kier molecular flexibility index (Phi) is 2.95. The van der Waals surface area contributed by atoms with Crippen molar-refractivity contribution in [3.05, 3.63) is 42.7 Å². The molecule has 22 heavy (non-hydrogen) atoms. The molecular formula is C14H10F4N4. The van der Waals surface area contributed by atoms with Crippen molar-refractivity contribution >= 4 is 16.7 Å². The van der Waals surface area contributed by atoms with Crippen LogP contribution in [0.25, 0.3) is 22.2 Å². The normalized spacial score (nSPS) is 12.6. The molecule has 2 heterocycles. The average Bonchev–Trinajstić information content (AvgIpc) is 2.80. The van der Waals surface area contributed by atoms with Gasteiger partial charge < -0.3 is 10.3 Å². The van der Waals surface area contributed by atoms with Crippen molar-refractivity contribution in [1.82, 2.24) is 14.5 Å². The summed E-state index contributed by atoms with van der Waals surface area (Å²) in [7, 11) is 0. The second-order valence-electron chi connectivity index (χ2n) is 4.71. The first kappa shape index (κ1) is 13.1. The van der Waals surface area contributed by atoms with Gasteiger partial charge in [-0.3, -0.25) is 0 Å². The van der Waals surface area contributed by atoms with Crippen molar-refractivity contribution < 1.29 is 18.9 Å². The first-order valence-electron chi connectivity index (χ1n) is 6.69. The van der Waals surface area contributed by atoms with E-state index in [-0.39, 0.29) is 28.5 Å². The minimum absolute atomic E-state index is 0.0328. The van der Waals surface area contributed by atoms with E-state index in [9.17, 15) is 17.6 Å². The van der Waals surface area contributed by atoms with E-state index in [4.69, 9.17) is 7.10 Å². The molecule has 0 radical (unpaired) electrons. The van der Waals surface area contributed by atoms with Gasteiger partial charge in [-0.15, -0.1) is 0 Å². The third-order valence-corrected chi connectivity index (χ3v) is 3.13. The zero-order valence-corrected chi connectivity index (χ0v) is 11.0. The highest BCUT2D eigenvalue weighted by Gasteiger charge is 2.29. The number of benzene rings is 1. The van der Waals surface area contributed by atoms with E-state index in [0.29, 0.717) is 5.56 Å². The van der Waals surface area contributed by atoms with Gasteiger partial charge in [0.1, 0.15) is 24.3 Å². The zero-order valence-electron chi connectivity index (χ0n) is 12.0. The van der Waals surface area contributed by atoms with Crippen molar-refractivity contribution in [3.8, 4) is 11.1 Å². The predicted molar refractivity (Wildman–Crippen MR) is 73.4 cm³/mol. The monoisotopic (exact) mass is 311 g/mol. The number of hydrogen-bond donors (Lipinski definition) is 1. The Bertz CT molecular complexity index is 888. The number of nitrogens with two attached hydrogens (primary N) is 1. The molecule has 0 saturated heterocycles. The minimum Gasteiger partial charge on any atom is -0.396 e. The summed E-state index contributed by atoms with van der Waals surface area (Å²) in [6, 6.07) is 3.89. The molecule has 0 spiro atoms. The summed E-state index contributed by atoms with van der Waals surface area (Å²) in [6.07, 6.45) is -2.48. The van der Waals surface area contributed by atoms with Gasteiger partial charge in [-0.25, -0.2) is 14.4 Å². The van der Waals surface area contributed by atoms with Crippen molar-refractivity contribution in [1.29, 1.82) is 0 Å². The van der Waals surface area contributed by atoms with Crippen LogP contribution < -0.4 is 5.73 Å². The van der Waals surface area contributed by atoms with E-state index >= 15 is 0 Å². The van der Waals surface area contributed by atoms with Crippen LogP contribution in [0.4, 0.5) is 23.2 Å². The minimum atomic E-state index is -4.46. The molecule has 0 bridgehead atoms. The molecule has 3 aromatic rings. The van der Waals surface area contributed by atoms with Crippen molar-refractivity contribution in [3.63, 3.8) is 0 Å². The maximum absolute atomic E-state index is 13.7. The molecule has 8 heteroatoms. The highest BCUT2D eigenvalue weighted by molar-refractivity contribution is 5.93. The number of aromatic nitrogens is 3. The number of rotatable bonds is 2. The van der Waals surface area contributed by atoms with Crippen LogP contribution in [-0.2, 0) is 6.54 Å². The first-order valence-corrected chi connectivity index (χ1v) is 6.19. The van der Waals surface area contributed by atoms with Crippen LogP contribution in [0.5, 0.6) is 0 Å². The maximum Gasteiger partial charge on any atom is 0.406 e. The lowest BCUT2D eigenvalue weighted by Crippen LogP contribution is -2.17. The highest BCUT2D eigenvalue weighted by atomic mass is 19.4. The van der Waals surface area contributed by atoms with Gasteiger partial charge in [-0.2, -0.15) is 13.2 Å². The maximum atomic E-state index is 13.7. The van der Waals surface area contributed by atoms with Crippen LogP contribution in [0.2, 0.25) is 0 Å². The molecule has 0 fully saturated rings. The number of hydrogen-bond acceptors (Lipinski definition) is 3. The van der Waals surface area contributed by atoms with Crippen molar-refractivity contribution in [2.75, 3.05) is 5.73 Å². The van der Waals surface area contributed by atoms with E-state index in [1.165, 1.54) is 18.3 Å². The number of fused-ring (bicyclic) bond motifs is 1. The Hall–Kier alpha value is -2.64. The summed E-state index contributed by atoms with van der Waals surface area (Å²) in [4.78, 5) is 7.51. The molecule has 0 aliphatic rings. The molecule has 4 nitrogen and oxygen atoms in total. The Morgan fingerprint density at radius 3 is 2.77 bits per heavy atom. The van der Waals surface area contributed by atoms with E-state index in [2.05, 4.69) is 9.97 Å². The topological polar surface area (TPSA) is 56.7 Å². The van der Waals surface area contributed by atoms with E-state index < -0.39 is 18.5 Å². The molecule has 1 aromatic carbocycles. The van der Waals surface area contributed by atoms with Gasteiger partial charge in [0.05, 0.1) is 7.06 Å². The third-order valence-electron chi connectivity index (χ3n) is 3.13. The summed E-state index contributed by atoms with van der Waals surface area (Å²) in [5.41, 5.74) is 5.84. The van der Waals surface area contributed by atoms with E-state index in [1.54, 1.807) is 0 Å². The second kappa shape index (κ2) is 4.97. The molecule has 0 aliphatic carbocycles. The molecule has 0 amide bonds. The molecular weight excluding hydrogens is 300 g/mol. The lowest BCUT2D eigenvalue weighted by Gasteiger charge is -2.07. The Labute approximate surface area is 123 Å². The first-order chi connectivity index (χ1) is 10.8. The number of nitrogen functional groups attached to an aromatic ring is 1. The summed E-state index contributed by atoms with van der Waals surface area (Å²) >= 11 is 0. The average molecular weight is 311 g/mol. The van der Waals surface area contributed by atoms with Gasteiger partial charge in [0, 0.05) is 23.3 Å². The third kappa shape index (κ3) is 2.59. The number of alkyl halides is 3. The fourth-order valence-electron chi connectivity index (χ4n) is 2.20. The molecule has 0 aliphatic heterocycles. The largest absolute Gasteiger partial charge is 0.406 e. The summed E-state index contributed by atoms with van der Waals surface area (Å²) in [5.74, 6) is -0.692. The van der Waals surface area contributed by atoms with Gasteiger partial charge in [0.2, 0.25) is 0 Å². The van der Waals surface area contributed by atoms with Crippen LogP contribution in [0.3, 0.4) is 0 Å². The number of nitrogens with zero attached hydrogens (tertiary/aromatic N) is 3.